The fourth-order valence-corrected chi connectivity index (χ4v) is 2.76. The van der Waals surface area contributed by atoms with E-state index in [1.54, 1.807) is 0 Å². The first-order valence-electron chi connectivity index (χ1n) is 7.46. The second-order valence-corrected chi connectivity index (χ2v) is 5.64. The Kier molecular flexibility index (Phi) is 7.15. The van der Waals surface area contributed by atoms with Crippen molar-refractivity contribution in [3.63, 3.8) is 0 Å². The summed E-state index contributed by atoms with van der Waals surface area (Å²) in [6.07, 6.45) is 0.152. The fourth-order valence-electron chi connectivity index (χ4n) is 2.76. The van der Waals surface area contributed by atoms with Crippen LogP contribution in [-0.2, 0) is 0 Å². The number of piperidine rings is 1. The molecular weight excluding hydrogens is 253 g/mol. The zero-order valence-electron chi connectivity index (χ0n) is 12.1. The van der Waals surface area contributed by atoms with E-state index in [4.69, 9.17) is 0 Å². The van der Waals surface area contributed by atoms with Crippen molar-refractivity contribution >= 4 is 0 Å². The third-order valence-electron chi connectivity index (χ3n) is 3.88. The van der Waals surface area contributed by atoms with Crippen molar-refractivity contribution in [1.82, 2.24) is 10.2 Å². The van der Waals surface area contributed by atoms with Crippen LogP contribution in [0.2, 0.25) is 0 Å². The SMILES string of the molecule is CCNC(C)CCCCN1CCCC(C(F)(F)F)C1. The van der Waals surface area contributed by atoms with Crippen molar-refractivity contribution in [2.75, 3.05) is 26.2 Å². The molecule has 0 aromatic rings. The zero-order chi connectivity index (χ0) is 14.3. The summed E-state index contributed by atoms with van der Waals surface area (Å²) in [4.78, 5) is 1.99. The Morgan fingerprint density at radius 3 is 2.68 bits per heavy atom. The topological polar surface area (TPSA) is 15.3 Å². The monoisotopic (exact) mass is 280 g/mol. The molecule has 1 saturated heterocycles. The van der Waals surface area contributed by atoms with Crippen LogP contribution in [0.1, 0.15) is 46.0 Å². The lowest BCUT2D eigenvalue weighted by atomic mass is 9.97. The highest BCUT2D eigenvalue weighted by Crippen LogP contribution is 2.33. The normalized spacial score (nSPS) is 23.5. The third-order valence-corrected chi connectivity index (χ3v) is 3.88. The van der Waals surface area contributed by atoms with Gasteiger partial charge in [-0.2, -0.15) is 13.2 Å². The van der Waals surface area contributed by atoms with E-state index in [-0.39, 0.29) is 6.54 Å². The van der Waals surface area contributed by atoms with Gasteiger partial charge in [0.1, 0.15) is 0 Å². The largest absolute Gasteiger partial charge is 0.393 e. The van der Waals surface area contributed by atoms with E-state index in [2.05, 4.69) is 19.2 Å². The number of rotatable bonds is 7. The summed E-state index contributed by atoms with van der Waals surface area (Å²) in [5, 5.41) is 3.35. The summed E-state index contributed by atoms with van der Waals surface area (Å²) in [5.41, 5.74) is 0. The van der Waals surface area contributed by atoms with Gasteiger partial charge in [0.25, 0.3) is 0 Å². The molecule has 0 amide bonds. The molecule has 0 radical (unpaired) electrons. The lowest BCUT2D eigenvalue weighted by Crippen LogP contribution is -2.42. The van der Waals surface area contributed by atoms with Crippen LogP contribution in [0.15, 0.2) is 0 Å². The molecule has 114 valence electrons. The fraction of sp³-hybridized carbons (Fsp3) is 1.00. The summed E-state index contributed by atoms with van der Waals surface area (Å²) >= 11 is 0. The highest BCUT2D eigenvalue weighted by Gasteiger charge is 2.41. The van der Waals surface area contributed by atoms with Gasteiger partial charge in [0, 0.05) is 12.6 Å². The number of hydrogen-bond acceptors (Lipinski definition) is 2. The minimum atomic E-state index is -4.02. The molecule has 2 unspecified atom stereocenters. The highest BCUT2D eigenvalue weighted by molar-refractivity contribution is 4.78. The van der Waals surface area contributed by atoms with Gasteiger partial charge in [-0.1, -0.05) is 13.3 Å². The predicted molar refractivity (Wildman–Crippen MR) is 72.2 cm³/mol. The second-order valence-electron chi connectivity index (χ2n) is 5.64. The van der Waals surface area contributed by atoms with E-state index in [0.717, 1.165) is 38.9 Å². The zero-order valence-corrected chi connectivity index (χ0v) is 12.1. The van der Waals surface area contributed by atoms with Crippen LogP contribution >= 0.6 is 0 Å². The van der Waals surface area contributed by atoms with E-state index in [1.807, 2.05) is 4.90 Å². The quantitative estimate of drug-likeness (QED) is 0.719. The lowest BCUT2D eigenvalue weighted by Gasteiger charge is -2.33. The molecule has 2 atom stereocenters. The summed E-state index contributed by atoms with van der Waals surface area (Å²) < 4.78 is 38.0. The standard InChI is InChI=1S/C14H27F3N2/c1-3-18-12(2)7-4-5-9-19-10-6-8-13(11-19)14(15,16)17/h12-13,18H,3-11H2,1-2H3. The van der Waals surface area contributed by atoms with Crippen LogP contribution in [0.5, 0.6) is 0 Å². The Morgan fingerprint density at radius 2 is 2.05 bits per heavy atom. The van der Waals surface area contributed by atoms with Gasteiger partial charge in [0.2, 0.25) is 0 Å². The van der Waals surface area contributed by atoms with E-state index < -0.39 is 12.1 Å². The van der Waals surface area contributed by atoms with Crippen molar-refractivity contribution in [2.45, 2.75) is 58.2 Å². The molecule has 1 heterocycles. The van der Waals surface area contributed by atoms with E-state index in [1.165, 1.54) is 0 Å². The minimum Gasteiger partial charge on any atom is -0.315 e. The van der Waals surface area contributed by atoms with Crippen molar-refractivity contribution in [3.05, 3.63) is 0 Å². The first kappa shape index (κ1) is 16.8. The van der Waals surface area contributed by atoms with E-state index in [9.17, 15) is 13.2 Å². The molecule has 1 aliphatic rings. The third kappa shape index (κ3) is 6.61. The number of halogens is 3. The number of nitrogens with zero attached hydrogens (tertiary/aromatic N) is 1. The first-order chi connectivity index (χ1) is 8.93. The number of nitrogens with one attached hydrogen (secondary N) is 1. The molecule has 1 N–H and O–H groups in total. The van der Waals surface area contributed by atoms with Gasteiger partial charge in [-0.15, -0.1) is 0 Å². The lowest BCUT2D eigenvalue weighted by molar-refractivity contribution is -0.186. The van der Waals surface area contributed by atoms with Crippen LogP contribution in [0, 0.1) is 5.92 Å². The van der Waals surface area contributed by atoms with Crippen LogP contribution in [0.4, 0.5) is 13.2 Å². The average Bonchev–Trinajstić information content (AvgIpc) is 2.34. The minimum absolute atomic E-state index is 0.201. The molecule has 0 saturated carbocycles. The molecular formula is C14H27F3N2. The van der Waals surface area contributed by atoms with E-state index in [0.29, 0.717) is 18.9 Å². The van der Waals surface area contributed by atoms with Gasteiger partial charge >= 0.3 is 6.18 Å². The van der Waals surface area contributed by atoms with Crippen LogP contribution in [0.25, 0.3) is 0 Å². The number of alkyl halides is 3. The number of unbranched alkanes of at least 4 members (excludes halogenated alkanes) is 1. The van der Waals surface area contributed by atoms with Crippen LogP contribution in [0.3, 0.4) is 0 Å². The van der Waals surface area contributed by atoms with Crippen molar-refractivity contribution in [3.8, 4) is 0 Å². The smallest absolute Gasteiger partial charge is 0.315 e. The summed E-state index contributed by atoms with van der Waals surface area (Å²) in [7, 11) is 0. The van der Waals surface area contributed by atoms with Crippen LogP contribution < -0.4 is 5.32 Å². The van der Waals surface area contributed by atoms with Gasteiger partial charge < -0.3 is 10.2 Å². The highest BCUT2D eigenvalue weighted by atomic mass is 19.4. The Bertz CT molecular complexity index is 243. The Balaban J connectivity index is 2.16. The molecule has 2 nitrogen and oxygen atoms in total. The molecule has 0 aromatic carbocycles. The molecule has 1 aliphatic heterocycles. The Hall–Kier alpha value is -0.290. The van der Waals surface area contributed by atoms with Gasteiger partial charge in [-0.05, 0) is 52.2 Å². The maximum Gasteiger partial charge on any atom is 0.393 e. The van der Waals surface area contributed by atoms with Crippen molar-refractivity contribution < 1.29 is 13.2 Å². The number of hydrogen-bond donors (Lipinski definition) is 1. The van der Waals surface area contributed by atoms with Gasteiger partial charge in [-0.25, -0.2) is 0 Å². The molecule has 0 bridgehead atoms. The summed E-state index contributed by atoms with van der Waals surface area (Å²) in [6.45, 7) is 7.05. The van der Waals surface area contributed by atoms with E-state index >= 15 is 0 Å². The van der Waals surface area contributed by atoms with Crippen molar-refractivity contribution in [2.24, 2.45) is 5.92 Å². The van der Waals surface area contributed by atoms with Gasteiger partial charge in [-0.3, -0.25) is 0 Å². The summed E-state index contributed by atoms with van der Waals surface area (Å²) in [6, 6.07) is 0.509. The molecule has 19 heavy (non-hydrogen) atoms. The molecule has 0 spiro atoms. The maximum atomic E-state index is 12.7. The Morgan fingerprint density at radius 1 is 1.32 bits per heavy atom. The first-order valence-corrected chi connectivity index (χ1v) is 7.46. The molecule has 0 aliphatic carbocycles. The number of likely N-dealkylation sites (tertiary alicyclic amines) is 1. The predicted octanol–water partition coefficient (Wildman–Crippen LogP) is 3.43. The second kappa shape index (κ2) is 8.10. The van der Waals surface area contributed by atoms with Gasteiger partial charge in [0.15, 0.2) is 0 Å². The van der Waals surface area contributed by atoms with Gasteiger partial charge in [0.05, 0.1) is 5.92 Å². The van der Waals surface area contributed by atoms with Crippen molar-refractivity contribution in [1.29, 1.82) is 0 Å². The Labute approximate surface area is 114 Å². The molecule has 5 heteroatoms. The average molecular weight is 280 g/mol. The molecule has 1 fully saturated rings. The van der Waals surface area contributed by atoms with Crippen LogP contribution in [-0.4, -0.2) is 43.3 Å². The maximum absolute atomic E-state index is 12.7. The molecule has 0 aromatic heterocycles. The summed E-state index contributed by atoms with van der Waals surface area (Å²) in [5.74, 6) is -1.11. The molecule has 1 rings (SSSR count).